The lowest BCUT2D eigenvalue weighted by Crippen LogP contribution is -2.25. The predicted molar refractivity (Wildman–Crippen MR) is 94.8 cm³/mol. The maximum absolute atomic E-state index is 10.5. The van der Waals surface area contributed by atoms with Gasteiger partial charge in [-0.05, 0) is 39.3 Å². The Morgan fingerprint density at radius 1 is 1.09 bits per heavy atom. The Hall–Kier alpha value is -1.52. The fraction of sp³-hybridized carbons (Fsp3) is 0.579. The molecule has 0 fully saturated rings. The zero-order valence-corrected chi connectivity index (χ0v) is 15.2. The first kappa shape index (κ1) is 21.5. The standard InChI is InChI=1S/C14H19NO2.C5H12O/c1-2-8-15(9-3-10-16)11-13-4-6-14(12-17)7-5-13;1-5(2,3)6-4/h4-7,10,12H,2-3,8-9,11H2,1H3;1-4H3. The molecule has 0 saturated heterocycles. The van der Waals surface area contributed by atoms with Crippen molar-refractivity contribution in [1.29, 1.82) is 0 Å². The Kier molecular flexibility index (Phi) is 11.2. The van der Waals surface area contributed by atoms with Gasteiger partial charge in [-0.15, -0.1) is 0 Å². The number of hydrogen-bond acceptors (Lipinski definition) is 4. The first-order valence-electron chi connectivity index (χ1n) is 8.11. The van der Waals surface area contributed by atoms with Crippen molar-refractivity contribution < 1.29 is 14.3 Å². The molecule has 23 heavy (non-hydrogen) atoms. The molecule has 0 saturated carbocycles. The van der Waals surface area contributed by atoms with Crippen molar-refractivity contribution in [3.63, 3.8) is 0 Å². The van der Waals surface area contributed by atoms with Crippen LogP contribution in [0.15, 0.2) is 24.3 Å². The fourth-order valence-electron chi connectivity index (χ4n) is 1.78. The van der Waals surface area contributed by atoms with Gasteiger partial charge in [0.25, 0.3) is 0 Å². The quantitative estimate of drug-likeness (QED) is 0.684. The van der Waals surface area contributed by atoms with Gasteiger partial charge in [0, 0.05) is 32.2 Å². The van der Waals surface area contributed by atoms with Crippen molar-refractivity contribution in [3.05, 3.63) is 35.4 Å². The highest BCUT2D eigenvalue weighted by atomic mass is 16.5. The van der Waals surface area contributed by atoms with Gasteiger partial charge < -0.3 is 9.53 Å². The largest absolute Gasteiger partial charge is 0.379 e. The molecular formula is C19H31NO3. The SMILES string of the molecule is CCCN(CCC=O)Cc1ccc(C=O)cc1.COC(C)(C)C. The lowest BCUT2D eigenvalue weighted by molar-refractivity contribution is -0.108. The van der Waals surface area contributed by atoms with E-state index in [2.05, 4.69) is 11.8 Å². The van der Waals surface area contributed by atoms with Crippen LogP contribution >= 0.6 is 0 Å². The van der Waals surface area contributed by atoms with E-state index < -0.39 is 0 Å². The first-order valence-corrected chi connectivity index (χ1v) is 8.11. The summed E-state index contributed by atoms with van der Waals surface area (Å²) < 4.78 is 4.94. The summed E-state index contributed by atoms with van der Waals surface area (Å²) in [6.45, 7) is 10.8. The third kappa shape index (κ3) is 11.7. The van der Waals surface area contributed by atoms with Crippen LogP contribution in [0.4, 0.5) is 0 Å². The van der Waals surface area contributed by atoms with E-state index in [1.54, 1.807) is 7.11 Å². The molecule has 1 rings (SSSR count). The molecular weight excluding hydrogens is 290 g/mol. The van der Waals surface area contributed by atoms with E-state index in [0.717, 1.165) is 38.6 Å². The summed E-state index contributed by atoms with van der Waals surface area (Å²) in [5, 5.41) is 0. The minimum Gasteiger partial charge on any atom is -0.379 e. The van der Waals surface area contributed by atoms with Crippen LogP contribution in [0.5, 0.6) is 0 Å². The van der Waals surface area contributed by atoms with Gasteiger partial charge in [0.05, 0.1) is 5.60 Å². The number of methoxy groups -OCH3 is 1. The summed E-state index contributed by atoms with van der Waals surface area (Å²) >= 11 is 0. The van der Waals surface area contributed by atoms with Gasteiger partial charge in [-0.2, -0.15) is 0 Å². The van der Waals surface area contributed by atoms with Gasteiger partial charge in [0.1, 0.15) is 12.6 Å². The van der Waals surface area contributed by atoms with Crippen molar-refractivity contribution in [2.75, 3.05) is 20.2 Å². The molecule has 0 atom stereocenters. The van der Waals surface area contributed by atoms with E-state index in [0.29, 0.717) is 12.0 Å². The number of carbonyl (C=O) groups excluding carboxylic acids is 2. The van der Waals surface area contributed by atoms with Gasteiger partial charge in [-0.25, -0.2) is 0 Å². The summed E-state index contributed by atoms with van der Waals surface area (Å²) in [6.07, 6.45) is 3.45. The summed E-state index contributed by atoms with van der Waals surface area (Å²) in [5.41, 5.74) is 1.92. The number of hydrogen-bond donors (Lipinski definition) is 0. The lowest BCUT2D eigenvalue weighted by atomic mass is 10.1. The molecule has 0 aromatic heterocycles. The van der Waals surface area contributed by atoms with Crippen molar-refractivity contribution >= 4 is 12.6 Å². The summed E-state index contributed by atoms with van der Waals surface area (Å²) in [5.74, 6) is 0. The number of rotatable bonds is 8. The van der Waals surface area contributed by atoms with E-state index >= 15 is 0 Å². The molecule has 4 heteroatoms. The normalized spacial score (nSPS) is 10.9. The molecule has 0 N–H and O–H groups in total. The van der Waals surface area contributed by atoms with Crippen molar-refractivity contribution in [2.24, 2.45) is 0 Å². The van der Waals surface area contributed by atoms with Crippen LogP contribution in [-0.2, 0) is 16.1 Å². The van der Waals surface area contributed by atoms with Gasteiger partial charge in [-0.1, -0.05) is 31.2 Å². The second-order valence-corrected chi connectivity index (χ2v) is 6.41. The van der Waals surface area contributed by atoms with Crippen molar-refractivity contribution in [3.8, 4) is 0 Å². The second-order valence-electron chi connectivity index (χ2n) is 6.41. The van der Waals surface area contributed by atoms with Crippen LogP contribution in [0.2, 0.25) is 0 Å². The maximum Gasteiger partial charge on any atom is 0.150 e. The average molecular weight is 321 g/mol. The number of carbonyl (C=O) groups is 2. The van der Waals surface area contributed by atoms with Gasteiger partial charge in [-0.3, -0.25) is 9.69 Å². The van der Waals surface area contributed by atoms with Gasteiger partial charge in [0.15, 0.2) is 0 Å². The Morgan fingerprint density at radius 3 is 2.04 bits per heavy atom. The van der Waals surface area contributed by atoms with Crippen LogP contribution in [0, 0.1) is 0 Å². The van der Waals surface area contributed by atoms with Gasteiger partial charge in [0.2, 0.25) is 0 Å². The third-order valence-electron chi connectivity index (χ3n) is 3.24. The Bertz CT molecular complexity index is 435. The smallest absolute Gasteiger partial charge is 0.150 e. The Morgan fingerprint density at radius 2 is 1.65 bits per heavy atom. The van der Waals surface area contributed by atoms with Crippen molar-refractivity contribution in [1.82, 2.24) is 4.90 Å². The van der Waals surface area contributed by atoms with Gasteiger partial charge >= 0.3 is 0 Å². The zero-order chi connectivity index (χ0) is 17.7. The monoisotopic (exact) mass is 321 g/mol. The minimum absolute atomic E-state index is 0.0417. The molecule has 1 aromatic carbocycles. The van der Waals surface area contributed by atoms with E-state index in [4.69, 9.17) is 4.74 Å². The summed E-state index contributed by atoms with van der Waals surface area (Å²) in [7, 11) is 1.71. The lowest BCUT2D eigenvalue weighted by Gasteiger charge is -2.20. The second kappa shape index (κ2) is 12.0. The molecule has 0 spiro atoms. The number of ether oxygens (including phenoxy) is 1. The Labute approximate surface area is 140 Å². The molecule has 0 aliphatic rings. The molecule has 4 nitrogen and oxygen atoms in total. The van der Waals surface area contributed by atoms with Crippen LogP contribution in [0.25, 0.3) is 0 Å². The van der Waals surface area contributed by atoms with Crippen LogP contribution in [0.3, 0.4) is 0 Å². The zero-order valence-electron chi connectivity index (χ0n) is 15.2. The maximum atomic E-state index is 10.5. The Balaban J connectivity index is 0.000000688. The number of benzene rings is 1. The summed E-state index contributed by atoms with van der Waals surface area (Å²) in [4.78, 5) is 23.2. The highest BCUT2D eigenvalue weighted by Crippen LogP contribution is 2.07. The number of nitrogens with zero attached hydrogens (tertiary/aromatic N) is 1. The third-order valence-corrected chi connectivity index (χ3v) is 3.24. The van der Waals surface area contributed by atoms with Crippen molar-refractivity contribution in [2.45, 2.75) is 52.7 Å². The molecule has 0 aliphatic carbocycles. The average Bonchev–Trinajstić information content (AvgIpc) is 2.53. The first-order chi connectivity index (χ1) is 10.9. The summed E-state index contributed by atoms with van der Waals surface area (Å²) in [6, 6.07) is 7.58. The van der Waals surface area contributed by atoms with Crippen LogP contribution in [-0.4, -0.2) is 43.3 Å². The molecule has 0 radical (unpaired) electrons. The predicted octanol–water partition coefficient (Wildman–Crippen LogP) is 3.73. The number of aldehydes is 2. The molecule has 0 unspecified atom stereocenters. The highest BCUT2D eigenvalue weighted by molar-refractivity contribution is 5.74. The molecule has 130 valence electrons. The minimum atomic E-state index is 0.0417. The van der Waals surface area contributed by atoms with E-state index in [-0.39, 0.29) is 5.60 Å². The molecule has 0 amide bonds. The van der Waals surface area contributed by atoms with Crippen LogP contribution in [0.1, 0.15) is 56.5 Å². The molecule has 0 aliphatic heterocycles. The highest BCUT2D eigenvalue weighted by Gasteiger charge is 2.05. The molecule has 0 heterocycles. The van der Waals surface area contributed by atoms with Crippen LogP contribution < -0.4 is 0 Å². The topological polar surface area (TPSA) is 46.6 Å². The fourth-order valence-corrected chi connectivity index (χ4v) is 1.78. The van der Waals surface area contributed by atoms with E-state index in [9.17, 15) is 9.59 Å². The molecule has 1 aromatic rings. The van der Waals surface area contributed by atoms with E-state index in [1.165, 1.54) is 5.56 Å². The van der Waals surface area contributed by atoms with E-state index in [1.807, 2.05) is 45.0 Å². The molecule has 0 bridgehead atoms.